The second-order valence-corrected chi connectivity index (χ2v) is 12.7. The fraction of sp³-hybridized carbons (Fsp3) is 0.0732. The van der Waals surface area contributed by atoms with E-state index in [2.05, 4.69) is 133 Å². The minimum atomic E-state index is -0.860. The van der Waals surface area contributed by atoms with Gasteiger partial charge in [-0.15, -0.1) is 0 Å². The van der Waals surface area contributed by atoms with Gasteiger partial charge in [0.2, 0.25) is 0 Å². The first-order chi connectivity index (χ1) is 22.2. The summed E-state index contributed by atoms with van der Waals surface area (Å²) in [5, 5.41) is 3.87. The zero-order valence-electron chi connectivity index (χ0n) is 25.7. The molecule has 0 spiro atoms. The van der Waals surface area contributed by atoms with E-state index < -0.39 is 7.92 Å². The lowest BCUT2D eigenvalue weighted by Gasteiger charge is -2.24. The normalized spacial score (nSPS) is 11.3. The molecule has 3 nitrogen and oxygen atoms in total. The minimum Gasteiger partial charge on any atom is -0.497 e. The number of hydrogen-bond acceptors (Lipinski definition) is 3. The quantitative estimate of drug-likeness (QED) is 0.115. The lowest BCUT2D eigenvalue weighted by Crippen LogP contribution is -2.22. The van der Waals surface area contributed by atoms with Gasteiger partial charge in [0.05, 0.1) is 21.3 Å². The smallest absolute Gasteiger partial charge is 0.119 e. The van der Waals surface area contributed by atoms with E-state index in [1.165, 1.54) is 15.9 Å². The van der Waals surface area contributed by atoms with E-state index >= 15 is 0 Å². The second-order valence-electron chi connectivity index (χ2n) is 10.5. The maximum absolute atomic E-state index is 5.82. The Kier molecular flexibility index (Phi) is 9.39. The van der Waals surface area contributed by atoms with Crippen LogP contribution in [0.25, 0.3) is 22.8 Å². The third kappa shape index (κ3) is 6.70. The van der Waals surface area contributed by atoms with Crippen molar-refractivity contribution in [1.82, 2.24) is 0 Å². The fourth-order valence-electron chi connectivity index (χ4n) is 5.54. The summed E-state index contributed by atoms with van der Waals surface area (Å²) in [6.07, 6.45) is 2.25. The summed E-state index contributed by atoms with van der Waals surface area (Å²) in [7, 11) is 4.26. The molecule has 45 heavy (non-hydrogen) atoms. The van der Waals surface area contributed by atoms with Crippen molar-refractivity contribution in [3.05, 3.63) is 168 Å². The molecule has 0 bridgehead atoms. The molecule has 4 heteroatoms. The first-order valence-electron chi connectivity index (χ1n) is 14.9. The van der Waals surface area contributed by atoms with E-state index in [-0.39, 0.29) is 0 Å². The van der Waals surface area contributed by atoms with Gasteiger partial charge in [-0.3, -0.25) is 0 Å². The van der Waals surface area contributed by atoms with E-state index in [4.69, 9.17) is 14.2 Å². The molecule has 0 aliphatic carbocycles. The van der Waals surface area contributed by atoms with E-state index in [9.17, 15) is 0 Å². The van der Waals surface area contributed by atoms with Crippen LogP contribution in [-0.4, -0.2) is 21.3 Å². The van der Waals surface area contributed by atoms with Gasteiger partial charge in [0.15, 0.2) is 0 Å². The van der Waals surface area contributed by atoms with Crippen LogP contribution < -0.4 is 30.1 Å². The van der Waals surface area contributed by atoms with Crippen molar-refractivity contribution < 1.29 is 14.2 Å². The molecule has 0 unspecified atom stereocenters. The monoisotopic (exact) mass is 606 g/mol. The van der Waals surface area contributed by atoms with Crippen LogP contribution in [-0.2, 0) is 0 Å². The number of hydrogen-bond donors (Lipinski definition) is 0. The lowest BCUT2D eigenvalue weighted by molar-refractivity contribution is 0.414. The summed E-state index contributed by atoms with van der Waals surface area (Å²) < 4.78 is 16.7. The highest BCUT2D eigenvalue weighted by Crippen LogP contribution is 2.41. The van der Waals surface area contributed by atoms with Crippen LogP contribution in [0.2, 0.25) is 0 Å². The van der Waals surface area contributed by atoms with Crippen molar-refractivity contribution >= 4 is 35.5 Å². The molecule has 0 heterocycles. The molecular formula is C41H35O3P. The van der Waals surface area contributed by atoms with Gasteiger partial charge < -0.3 is 14.2 Å². The van der Waals surface area contributed by atoms with Gasteiger partial charge in [-0.05, 0) is 106 Å². The molecular weight excluding hydrogens is 571 g/mol. The molecule has 0 aromatic heterocycles. The Morgan fingerprint density at radius 3 is 1.58 bits per heavy atom. The lowest BCUT2D eigenvalue weighted by atomic mass is 9.89. The SMILES string of the molecule is COc1ccc(/C=C(\c2ccc(OC)cc2)c2ccccc2-c2cc(OC)ccc2P(c2ccccc2)c2ccccc2)cc1. The van der Waals surface area contributed by atoms with Gasteiger partial charge in [0.25, 0.3) is 0 Å². The van der Waals surface area contributed by atoms with Crippen molar-refractivity contribution in [2.45, 2.75) is 0 Å². The number of rotatable bonds is 10. The summed E-state index contributed by atoms with van der Waals surface area (Å²) in [5.74, 6) is 2.47. The molecule has 6 aromatic carbocycles. The first kappa shape index (κ1) is 29.9. The van der Waals surface area contributed by atoms with Crippen molar-refractivity contribution in [2.75, 3.05) is 21.3 Å². The summed E-state index contributed by atoms with van der Waals surface area (Å²) >= 11 is 0. The highest BCUT2D eigenvalue weighted by atomic mass is 31.1. The van der Waals surface area contributed by atoms with Gasteiger partial charge in [-0.2, -0.15) is 0 Å². The Morgan fingerprint density at radius 1 is 0.489 bits per heavy atom. The Morgan fingerprint density at radius 2 is 1.00 bits per heavy atom. The summed E-state index contributed by atoms with van der Waals surface area (Å²) in [5.41, 5.74) is 6.70. The molecule has 0 fully saturated rings. The topological polar surface area (TPSA) is 27.7 Å². The molecule has 0 amide bonds. The maximum atomic E-state index is 5.82. The van der Waals surface area contributed by atoms with Crippen LogP contribution in [0.4, 0.5) is 0 Å². The van der Waals surface area contributed by atoms with Crippen LogP contribution in [0.1, 0.15) is 16.7 Å². The van der Waals surface area contributed by atoms with Gasteiger partial charge in [0.1, 0.15) is 17.2 Å². The standard InChI is InChI=1S/C41H35O3P/c1-42-32-22-18-30(19-23-32)28-39(31-20-24-33(43-2)25-21-31)37-16-10-11-17-38(37)40-29-34(44-3)26-27-41(40)45(35-12-6-4-7-13-35)36-14-8-5-9-15-36/h4-29H,1-3H3/b39-28+. The van der Waals surface area contributed by atoms with Crippen molar-refractivity contribution in [2.24, 2.45) is 0 Å². The van der Waals surface area contributed by atoms with Gasteiger partial charge in [0, 0.05) is 0 Å². The summed E-state index contributed by atoms with van der Waals surface area (Å²) in [4.78, 5) is 0. The minimum absolute atomic E-state index is 0.822. The summed E-state index contributed by atoms with van der Waals surface area (Å²) in [6, 6.07) is 53.3. The van der Waals surface area contributed by atoms with E-state index in [0.29, 0.717) is 0 Å². The summed E-state index contributed by atoms with van der Waals surface area (Å²) in [6.45, 7) is 0. The van der Waals surface area contributed by atoms with Crippen LogP contribution in [0.15, 0.2) is 152 Å². The van der Waals surface area contributed by atoms with Crippen LogP contribution in [0.3, 0.4) is 0 Å². The molecule has 0 aliphatic heterocycles. The molecule has 0 saturated heterocycles. The third-order valence-electron chi connectivity index (χ3n) is 7.81. The first-order valence-corrected chi connectivity index (χ1v) is 16.2. The molecule has 0 atom stereocenters. The zero-order chi connectivity index (χ0) is 31.0. The number of ether oxygens (including phenoxy) is 3. The highest BCUT2D eigenvalue weighted by Gasteiger charge is 2.23. The zero-order valence-corrected chi connectivity index (χ0v) is 26.6. The number of methoxy groups -OCH3 is 3. The Bertz CT molecular complexity index is 1840. The van der Waals surface area contributed by atoms with Gasteiger partial charge >= 0.3 is 0 Å². The molecule has 0 aliphatic rings. The molecule has 0 N–H and O–H groups in total. The van der Waals surface area contributed by atoms with E-state index in [0.717, 1.165) is 50.6 Å². The number of benzene rings is 6. The van der Waals surface area contributed by atoms with Crippen molar-refractivity contribution in [3.63, 3.8) is 0 Å². The maximum Gasteiger partial charge on any atom is 0.119 e. The molecule has 0 saturated carbocycles. The average molecular weight is 607 g/mol. The predicted molar refractivity (Wildman–Crippen MR) is 190 cm³/mol. The fourth-order valence-corrected chi connectivity index (χ4v) is 7.99. The largest absolute Gasteiger partial charge is 0.497 e. The Hall–Kier alpha value is -5.11. The average Bonchev–Trinajstić information content (AvgIpc) is 3.12. The van der Waals surface area contributed by atoms with Gasteiger partial charge in [-0.25, -0.2) is 0 Å². The van der Waals surface area contributed by atoms with E-state index in [1.807, 2.05) is 24.3 Å². The third-order valence-corrected chi connectivity index (χ3v) is 10.3. The van der Waals surface area contributed by atoms with Crippen LogP contribution in [0.5, 0.6) is 17.2 Å². The van der Waals surface area contributed by atoms with Gasteiger partial charge in [-0.1, -0.05) is 109 Å². The highest BCUT2D eigenvalue weighted by molar-refractivity contribution is 7.80. The molecule has 6 rings (SSSR count). The Balaban J connectivity index is 1.60. The second kappa shape index (κ2) is 14.1. The molecule has 0 radical (unpaired) electrons. The Labute approximate surface area is 267 Å². The van der Waals surface area contributed by atoms with E-state index in [1.54, 1.807) is 21.3 Å². The van der Waals surface area contributed by atoms with Crippen molar-refractivity contribution in [1.29, 1.82) is 0 Å². The molecule has 6 aromatic rings. The predicted octanol–water partition coefficient (Wildman–Crippen LogP) is 8.73. The van der Waals surface area contributed by atoms with Crippen LogP contribution >= 0.6 is 7.92 Å². The van der Waals surface area contributed by atoms with Crippen molar-refractivity contribution in [3.8, 4) is 28.4 Å². The van der Waals surface area contributed by atoms with Crippen LogP contribution in [0, 0.1) is 0 Å². The molecule has 222 valence electrons.